The maximum absolute atomic E-state index is 12.8. The minimum atomic E-state index is -0.0113. The molecule has 102 valence electrons. The topological polar surface area (TPSA) is 46.3 Å². The molecule has 2 aromatic rings. The number of rotatable bonds is 1. The van der Waals surface area contributed by atoms with Gasteiger partial charge in [-0.2, -0.15) is 0 Å². The predicted molar refractivity (Wildman–Crippen MR) is 81.9 cm³/mol. The Hall–Kier alpha value is -2.29. The Morgan fingerprint density at radius 1 is 1.15 bits per heavy atom. The number of amides is 1. The lowest BCUT2D eigenvalue weighted by molar-refractivity contribution is 0.0976. The van der Waals surface area contributed by atoms with Crippen LogP contribution >= 0.6 is 0 Å². The molecule has 0 aromatic heterocycles. The average Bonchev–Trinajstić information content (AvgIpc) is 2.47. The zero-order valence-corrected chi connectivity index (χ0v) is 11.5. The summed E-state index contributed by atoms with van der Waals surface area (Å²) in [4.78, 5) is 14.7. The first-order chi connectivity index (χ1) is 9.68. The van der Waals surface area contributed by atoms with Crippen molar-refractivity contribution in [2.24, 2.45) is 0 Å². The second kappa shape index (κ2) is 5.00. The van der Waals surface area contributed by atoms with Crippen LogP contribution < -0.4 is 10.6 Å². The van der Waals surface area contributed by atoms with Crippen LogP contribution in [0.15, 0.2) is 48.5 Å². The van der Waals surface area contributed by atoms with E-state index in [0.717, 1.165) is 18.5 Å². The molecular weight excluding hydrogens is 248 g/mol. The number of benzene rings is 2. The van der Waals surface area contributed by atoms with Crippen molar-refractivity contribution in [3.8, 4) is 0 Å². The van der Waals surface area contributed by atoms with Crippen LogP contribution in [0.4, 0.5) is 11.4 Å². The van der Waals surface area contributed by atoms with Gasteiger partial charge in [-0.1, -0.05) is 30.3 Å². The fourth-order valence-corrected chi connectivity index (χ4v) is 2.82. The first kappa shape index (κ1) is 12.7. The molecule has 0 fully saturated rings. The van der Waals surface area contributed by atoms with Crippen molar-refractivity contribution in [1.29, 1.82) is 0 Å². The van der Waals surface area contributed by atoms with Crippen LogP contribution in [0.25, 0.3) is 0 Å². The summed E-state index contributed by atoms with van der Waals surface area (Å²) in [5.74, 6) is -0.0113. The molecule has 3 nitrogen and oxygen atoms in total. The summed E-state index contributed by atoms with van der Waals surface area (Å²) in [6, 6.07) is 15.6. The number of anilines is 2. The van der Waals surface area contributed by atoms with Crippen LogP contribution in [-0.2, 0) is 6.42 Å². The maximum Gasteiger partial charge on any atom is 0.260 e. The number of fused-ring (bicyclic) bond motifs is 1. The first-order valence-electron chi connectivity index (χ1n) is 6.94. The van der Waals surface area contributed by atoms with Gasteiger partial charge in [0.2, 0.25) is 0 Å². The molecular formula is C17H18N2O. The van der Waals surface area contributed by atoms with Gasteiger partial charge in [0.1, 0.15) is 0 Å². The molecule has 1 amide bonds. The van der Waals surface area contributed by atoms with Gasteiger partial charge >= 0.3 is 0 Å². The summed E-state index contributed by atoms with van der Waals surface area (Å²) in [5, 5.41) is 0. The fourth-order valence-electron chi connectivity index (χ4n) is 2.82. The standard InChI is InChI=1S/C17H18N2O/c1-12-10-11-13-6-2-5-9-16(13)19(12)17(20)14-7-3-4-8-15(14)18/h2-9,12H,10-11,18H2,1H3. The van der Waals surface area contributed by atoms with Crippen molar-refractivity contribution in [2.45, 2.75) is 25.8 Å². The van der Waals surface area contributed by atoms with Gasteiger partial charge in [-0.15, -0.1) is 0 Å². The third kappa shape index (κ3) is 2.05. The van der Waals surface area contributed by atoms with Gasteiger partial charge in [-0.3, -0.25) is 4.79 Å². The molecule has 0 aliphatic carbocycles. The number of para-hydroxylation sites is 2. The Morgan fingerprint density at radius 2 is 1.85 bits per heavy atom. The Morgan fingerprint density at radius 3 is 2.65 bits per heavy atom. The van der Waals surface area contributed by atoms with Gasteiger partial charge in [-0.25, -0.2) is 0 Å². The van der Waals surface area contributed by atoms with E-state index in [0.29, 0.717) is 11.3 Å². The Labute approximate surface area is 119 Å². The molecule has 1 aliphatic rings. The molecule has 1 aliphatic heterocycles. The minimum Gasteiger partial charge on any atom is -0.398 e. The number of carbonyl (C=O) groups excluding carboxylic acids is 1. The van der Waals surface area contributed by atoms with E-state index in [4.69, 9.17) is 5.73 Å². The Balaban J connectivity index is 2.05. The highest BCUT2D eigenvalue weighted by Gasteiger charge is 2.29. The smallest absolute Gasteiger partial charge is 0.260 e. The largest absolute Gasteiger partial charge is 0.398 e. The zero-order valence-electron chi connectivity index (χ0n) is 11.5. The molecule has 2 N–H and O–H groups in total. The van der Waals surface area contributed by atoms with Crippen LogP contribution in [0, 0.1) is 0 Å². The third-order valence-electron chi connectivity index (χ3n) is 3.93. The van der Waals surface area contributed by atoms with E-state index >= 15 is 0 Å². The number of aryl methyl sites for hydroxylation is 1. The van der Waals surface area contributed by atoms with E-state index in [9.17, 15) is 4.79 Å². The van der Waals surface area contributed by atoms with E-state index in [1.54, 1.807) is 12.1 Å². The van der Waals surface area contributed by atoms with Gasteiger partial charge in [0.05, 0.1) is 5.56 Å². The first-order valence-corrected chi connectivity index (χ1v) is 6.94. The van der Waals surface area contributed by atoms with Crippen molar-refractivity contribution < 1.29 is 4.79 Å². The Kier molecular flexibility index (Phi) is 3.18. The second-order valence-corrected chi connectivity index (χ2v) is 5.28. The van der Waals surface area contributed by atoms with Crippen LogP contribution in [0.2, 0.25) is 0 Å². The highest BCUT2D eigenvalue weighted by molar-refractivity contribution is 6.10. The quantitative estimate of drug-likeness (QED) is 0.805. The number of nitrogens with two attached hydrogens (primary N) is 1. The predicted octanol–water partition coefficient (Wildman–Crippen LogP) is 3.25. The number of nitrogens with zero attached hydrogens (tertiary/aromatic N) is 1. The summed E-state index contributed by atoms with van der Waals surface area (Å²) in [6.45, 7) is 2.09. The summed E-state index contributed by atoms with van der Waals surface area (Å²) in [5.41, 5.74) is 9.30. The van der Waals surface area contributed by atoms with E-state index in [1.165, 1.54) is 5.56 Å². The van der Waals surface area contributed by atoms with Gasteiger partial charge in [0, 0.05) is 17.4 Å². The molecule has 1 heterocycles. The molecule has 0 spiro atoms. The number of hydrogen-bond acceptors (Lipinski definition) is 2. The Bertz CT molecular complexity index is 651. The molecule has 1 atom stereocenters. The van der Waals surface area contributed by atoms with E-state index in [1.807, 2.05) is 35.2 Å². The summed E-state index contributed by atoms with van der Waals surface area (Å²) in [6.07, 6.45) is 2.00. The second-order valence-electron chi connectivity index (χ2n) is 5.28. The summed E-state index contributed by atoms with van der Waals surface area (Å²) < 4.78 is 0. The SMILES string of the molecule is CC1CCc2ccccc2N1C(=O)c1ccccc1N. The van der Waals surface area contributed by atoms with Crippen LogP contribution in [0.1, 0.15) is 29.3 Å². The third-order valence-corrected chi connectivity index (χ3v) is 3.93. The maximum atomic E-state index is 12.8. The van der Waals surface area contributed by atoms with Crippen molar-refractivity contribution >= 4 is 17.3 Å². The van der Waals surface area contributed by atoms with Gasteiger partial charge < -0.3 is 10.6 Å². The van der Waals surface area contributed by atoms with Crippen molar-refractivity contribution in [2.75, 3.05) is 10.6 Å². The van der Waals surface area contributed by atoms with Crippen molar-refractivity contribution in [3.63, 3.8) is 0 Å². The lowest BCUT2D eigenvalue weighted by atomic mass is 9.95. The molecule has 1 unspecified atom stereocenters. The minimum absolute atomic E-state index is 0.0113. The van der Waals surface area contributed by atoms with E-state index < -0.39 is 0 Å². The lowest BCUT2D eigenvalue weighted by Crippen LogP contribution is -2.42. The zero-order chi connectivity index (χ0) is 14.1. The monoisotopic (exact) mass is 266 g/mol. The molecule has 0 saturated heterocycles. The number of carbonyl (C=O) groups is 1. The van der Waals surface area contributed by atoms with Crippen LogP contribution in [0.5, 0.6) is 0 Å². The van der Waals surface area contributed by atoms with Crippen molar-refractivity contribution in [3.05, 3.63) is 59.7 Å². The summed E-state index contributed by atoms with van der Waals surface area (Å²) >= 11 is 0. The lowest BCUT2D eigenvalue weighted by Gasteiger charge is -2.35. The molecule has 0 radical (unpaired) electrons. The van der Waals surface area contributed by atoms with Crippen molar-refractivity contribution in [1.82, 2.24) is 0 Å². The van der Waals surface area contributed by atoms with E-state index in [2.05, 4.69) is 13.0 Å². The summed E-state index contributed by atoms with van der Waals surface area (Å²) in [7, 11) is 0. The number of nitrogen functional groups attached to an aromatic ring is 1. The van der Waals surface area contributed by atoms with E-state index in [-0.39, 0.29) is 11.9 Å². The normalized spacial score (nSPS) is 17.6. The van der Waals surface area contributed by atoms with Gasteiger partial charge in [-0.05, 0) is 43.5 Å². The molecule has 20 heavy (non-hydrogen) atoms. The fraction of sp³-hybridized carbons (Fsp3) is 0.235. The molecule has 2 aromatic carbocycles. The van der Waals surface area contributed by atoms with Crippen LogP contribution in [-0.4, -0.2) is 11.9 Å². The molecule has 3 rings (SSSR count). The average molecular weight is 266 g/mol. The van der Waals surface area contributed by atoms with Crippen LogP contribution in [0.3, 0.4) is 0 Å². The number of hydrogen-bond donors (Lipinski definition) is 1. The van der Waals surface area contributed by atoms with Gasteiger partial charge in [0.25, 0.3) is 5.91 Å². The van der Waals surface area contributed by atoms with Gasteiger partial charge in [0.15, 0.2) is 0 Å². The highest BCUT2D eigenvalue weighted by atomic mass is 16.2. The molecule has 3 heteroatoms. The highest BCUT2D eigenvalue weighted by Crippen LogP contribution is 2.32. The molecule has 0 saturated carbocycles. The molecule has 0 bridgehead atoms.